The molecule has 5 N–H and O–H groups in total. The Hall–Kier alpha value is -8.25. The van der Waals surface area contributed by atoms with E-state index in [0.717, 1.165) is 11.1 Å². The van der Waals surface area contributed by atoms with Crippen LogP contribution in [-0.2, 0) is 78.4 Å². The van der Waals surface area contributed by atoms with E-state index in [0.29, 0.717) is 65.8 Å². The maximum atomic E-state index is 14.8. The summed E-state index contributed by atoms with van der Waals surface area (Å²) in [5.74, 6) is -5.87. The lowest BCUT2D eigenvalue weighted by atomic mass is 9.85. The van der Waals surface area contributed by atoms with Gasteiger partial charge in [-0.25, -0.2) is 9.59 Å². The summed E-state index contributed by atoms with van der Waals surface area (Å²) < 4.78 is 23.1. The summed E-state index contributed by atoms with van der Waals surface area (Å²) in [6, 6.07) is 17.7. The van der Waals surface area contributed by atoms with Crippen molar-refractivity contribution in [1.29, 1.82) is 0 Å². The molecule has 0 aromatic heterocycles. The number of hydrogen-bond acceptors (Lipinski definition) is 21. The number of rotatable bonds is 45. The molecule has 12 atom stereocenters. The van der Waals surface area contributed by atoms with Crippen LogP contribution in [0.1, 0.15) is 190 Å². The van der Waals surface area contributed by atoms with Gasteiger partial charge in [0, 0.05) is 94.8 Å². The number of aliphatic hydroxyl groups excluding tert-OH is 1. The summed E-state index contributed by atoms with van der Waals surface area (Å²) in [4.78, 5) is 174. The highest BCUT2D eigenvalue weighted by molar-refractivity contribution is 8.77. The Balaban J connectivity index is 1.05. The molecule has 608 valence electrons. The largest absolute Gasteiger partial charge is 0.494 e. The van der Waals surface area contributed by atoms with E-state index in [1.807, 2.05) is 97.9 Å². The molecule has 0 unspecified atom stereocenters. The summed E-state index contributed by atoms with van der Waals surface area (Å²) in [6.45, 7) is 26.0. The molecular weight excluding hydrogens is 1450 g/mol. The van der Waals surface area contributed by atoms with Crippen molar-refractivity contribution < 1.29 is 86.4 Å². The standard InChI is InChI=1S/C81H119N9O18S2/c1-19-51(8)73(64(104-17)44-68(96)89-40-23-27-62(89)75(105-18)53(10)63(92)43-52(9)74(98)58-25-21-20-22-26-58)87(15)79(102)71(49(4)5)86-78(101)72(50(6)7)88(16)80(103)107-47-56-29-33-59(34-30-56)84-76(99)55(12)83-77(100)70(48(2)3)85-65(93)39-42-109-110-81(13,14)45-60(91)46-82-54(11)57-31-35-61(36-32-57)106-41-24-28-69(97)108-90-66(94)37-38-67(90)95/h20-22,25-26,29-36,48-53,55,62,64,70-75,98H,19,23-24,27-28,37-47H2,1-18H3,(H,83,100)(H,84,99)(H,85,93)(H,86,101)/t51-,52-,53-,55-,62-,64+,70-,71-,72-,73-,74+,75+/m0/s1. The third kappa shape index (κ3) is 27.9. The monoisotopic (exact) mass is 1570 g/mol. The van der Waals surface area contributed by atoms with Crippen molar-refractivity contribution in [2.24, 2.45) is 40.5 Å². The van der Waals surface area contributed by atoms with Gasteiger partial charge in [-0.15, -0.1) is 5.06 Å². The highest BCUT2D eigenvalue weighted by Gasteiger charge is 2.44. The van der Waals surface area contributed by atoms with Crippen LogP contribution in [0.25, 0.3) is 0 Å². The van der Waals surface area contributed by atoms with Crippen LogP contribution in [0.15, 0.2) is 83.9 Å². The minimum absolute atomic E-state index is 0.0201. The van der Waals surface area contributed by atoms with Gasteiger partial charge in [0.15, 0.2) is 5.78 Å². The molecular formula is C81H119N9O18S2. The second-order valence-electron chi connectivity index (χ2n) is 30.4. The molecule has 27 nitrogen and oxygen atoms in total. The lowest BCUT2D eigenvalue weighted by Gasteiger charge is -2.41. The number of methoxy groups -OCH3 is 2. The molecule has 0 aliphatic carbocycles. The number of hydroxylamine groups is 2. The number of anilines is 1. The van der Waals surface area contributed by atoms with Crippen LogP contribution >= 0.6 is 21.6 Å². The number of benzene rings is 3. The molecule has 5 rings (SSSR count). The van der Waals surface area contributed by atoms with Gasteiger partial charge in [-0.2, -0.15) is 0 Å². The van der Waals surface area contributed by atoms with Crippen LogP contribution in [0.5, 0.6) is 5.75 Å². The van der Waals surface area contributed by atoms with Gasteiger partial charge in [-0.3, -0.25) is 57.8 Å². The summed E-state index contributed by atoms with van der Waals surface area (Å²) in [5, 5.41) is 22.8. The zero-order valence-electron chi connectivity index (χ0n) is 67.4. The van der Waals surface area contributed by atoms with E-state index in [4.69, 9.17) is 23.8 Å². The van der Waals surface area contributed by atoms with Gasteiger partial charge < -0.3 is 60.0 Å². The van der Waals surface area contributed by atoms with Crippen LogP contribution in [0, 0.1) is 35.5 Å². The first-order valence-corrected chi connectivity index (χ1v) is 40.5. The number of Topliss-reactive ketones (excluding diaryl/α,β-unsaturated/α-hetero) is 2. The summed E-state index contributed by atoms with van der Waals surface area (Å²) in [7, 11) is 9.06. The molecule has 2 saturated heterocycles. The number of likely N-dealkylation sites (N-methyl/N-ethyl adjacent to an activating group) is 2. The predicted molar refractivity (Wildman–Crippen MR) is 423 cm³/mol. The number of nitrogens with zero attached hydrogens (tertiary/aromatic N) is 5. The van der Waals surface area contributed by atoms with Crippen molar-refractivity contribution >= 4 is 104 Å². The predicted octanol–water partition coefficient (Wildman–Crippen LogP) is 10.0. The Kier molecular flexibility index (Phi) is 37.5. The first kappa shape index (κ1) is 92.4. The molecule has 3 aromatic carbocycles. The molecule has 2 fully saturated rings. The van der Waals surface area contributed by atoms with Crippen LogP contribution in [0.4, 0.5) is 10.5 Å². The molecule has 110 heavy (non-hydrogen) atoms. The topological polar surface area (TPSA) is 345 Å². The summed E-state index contributed by atoms with van der Waals surface area (Å²) in [6.07, 6.45) is -0.379. The maximum Gasteiger partial charge on any atom is 0.410 e. The molecule has 2 aliphatic rings. The fourth-order valence-corrected chi connectivity index (χ4v) is 16.0. The average molecular weight is 1570 g/mol. The average Bonchev–Trinajstić information content (AvgIpc) is 1.13. The quantitative estimate of drug-likeness (QED) is 0.0152. The first-order chi connectivity index (χ1) is 51.9. The van der Waals surface area contributed by atoms with Crippen molar-refractivity contribution in [3.8, 4) is 5.75 Å². The van der Waals surface area contributed by atoms with Gasteiger partial charge in [0.1, 0.15) is 42.3 Å². The number of ketones is 2. The van der Waals surface area contributed by atoms with Crippen LogP contribution in [-0.4, -0.2) is 208 Å². The third-order valence-corrected chi connectivity index (χ3v) is 23.4. The Labute approximate surface area is 657 Å². The van der Waals surface area contributed by atoms with E-state index in [1.165, 1.54) is 47.6 Å². The normalized spacial score (nSPS) is 17.0. The van der Waals surface area contributed by atoms with E-state index in [2.05, 4.69) is 26.3 Å². The lowest BCUT2D eigenvalue weighted by molar-refractivity contribution is -0.197. The molecule has 0 saturated carbocycles. The van der Waals surface area contributed by atoms with Gasteiger partial charge in [-0.1, -0.05) is 140 Å². The second-order valence-corrected chi connectivity index (χ2v) is 33.6. The van der Waals surface area contributed by atoms with E-state index in [-0.39, 0.29) is 106 Å². The number of hydrogen-bond donors (Lipinski definition) is 5. The molecule has 9 amide bonds. The van der Waals surface area contributed by atoms with Crippen molar-refractivity contribution in [2.75, 3.05) is 59.1 Å². The number of ether oxygens (including phenoxy) is 4. The second kappa shape index (κ2) is 44.7. The molecule has 2 heterocycles. The van der Waals surface area contributed by atoms with Crippen LogP contribution < -0.4 is 26.0 Å². The molecule has 3 aromatic rings. The van der Waals surface area contributed by atoms with E-state index in [1.54, 1.807) is 95.0 Å². The van der Waals surface area contributed by atoms with Crippen LogP contribution in [0.3, 0.4) is 0 Å². The summed E-state index contributed by atoms with van der Waals surface area (Å²) in [5.41, 5.74) is 3.12. The van der Waals surface area contributed by atoms with Gasteiger partial charge in [-0.05, 0) is 130 Å². The highest BCUT2D eigenvalue weighted by Crippen LogP contribution is 2.39. The van der Waals surface area contributed by atoms with Crippen LogP contribution in [0.2, 0.25) is 0 Å². The summed E-state index contributed by atoms with van der Waals surface area (Å²) >= 11 is 0. The highest BCUT2D eigenvalue weighted by atomic mass is 33.1. The Morgan fingerprint density at radius 3 is 1.95 bits per heavy atom. The van der Waals surface area contributed by atoms with E-state index >= 15 is 0 Å². The van der Waals surface area contributed by atoms with Crippen molar-refractivity contribution in [1.82, 2.24) is 35.7 Å². The number of carbonyl (C=O) groups is 12. The van der Waals surface area contributed by atoms with E-state index < -0.39 is 125 Å². The minimum Gasteiger partial charge on any atom is -0.494 e. The number of amides is 9. The van der Waals surface area contributed by atoms with Crippen molar-refractivity contribution in [2.45, 2.75) is 233 Å². The molecule has 29 heteroatoms. The molecule has 2 aliphatic heterocycles. The number of likely N-dealkylation sites (tertiary alicyclic amines) is 1. The number of aliphatic hydroxyl groups is 1. The fourth-order valence-electron chi connectivity index (χ4n) is 13.5. The number of imide groups is 1. The fraction of sp³-hybridized carbons (Fsp3) is 0.617. The zero-order chi connectivity index (χ0) is 81.9. The Morgan fingerprint density at radius 1 is 0.727 bits per heavy atom. The third-order valence-electron chi connectivity index (χ3n) is 20.1. The maximum absolute atomic E-state index is 14.8. The minimum atomic E-state index is -1.07. The molecule has 0 spiro atoms. The Bertz CT molecular complexity index is 3600. The van der Waals surface area contributed by atoms with Gasteiger partial charge in [0.05, 0.1) is 56.4 Å². The van der Waals surface area contributed by atoms with Crippen molar-refractivity contribution in [3.05, 3.63) is 95.6 Å². The smallest absolute Gasteiger partial charge is 0.410 e. The lowest BCUT2D eigenvalue weighted by Crippen LogP contribution is -2.60. The Morgan fingerprint density at radius 2 is 1.36 bits per heavy atom. The van der Waals surface area contributed by atoms with Gasteiger partial charge in [0.25, 0.3) is 11.8 Å². The van der Waals surface area contributed by atoms with Crippen molar-refractivity contribution in [3.63, 3.8) is 0 Å². The molecule has 0 radical (unpaired) electrons. The SMILES string of the molecule is CC[C@H](C)[C@@H]([C@@H](CC(=O)N1CCC[C@H]1[C@H](OC)[C@@H](C)C(=O)C[C@H](C)[C@@H](O)c1ccccc1)OC)N(C)C(=O)[C@@H](NC(=O)[C@H](C(C)C)N(C)C(=O)OCc1ccc(NC(=O)[C@H](C)NC(=O)[C@@H](NC(=O)CCSSC(C)(C)CC(=O)CN=C(C)c2ccc(OCCCC(=O)ON3C(=O)CCC3=O)cc2)C(C)C)cc1)C(C)C. The number of nitrogens with one attached hydrogen (secondary N) is 4. The van der Waals surface area contributed by atoms with E-state index in [9.17, 15) is 62.6 Å². The number of aliphatic imine (C=N–C) groups is 1. The van der Waals surface area contributed by atoms with Gasteiger partial charge >= 0.3 is 12.1 Å². The number of carbonyl (C=O) groups excluding carboxylic acids is 12. The first-order valence-electron chi connectivity index (χ1n) is 38.1. The molecule has 0 bridgehead atoms. The zero-order valence-corrected chi connectivity index (χ0v) is 69.1. The van der Waals surface area contributed by atoms with Gasteiger partial charge in [0.2, 0.25) is 35.4 Å².